The Hall–Kier alpha value is -1.66. The number of carbonyl (C=O) groups is 1. The van der Waals surface area contributed by atoms with Gasteiger partial charge in [-0.1, -0.05) is 35.3 Å². The summed E-state index contributed by atoms with van der Waals surface area (Å²) in [5.41, 5.74) is 13.7. The zero-order valence-electron chi connectivity index (χ0n) is 14.3. The summed E-state index contributed by atoms with van der Waals surface area (Å²) in [6.45, 7) is 1.99. The second-order valence-corrected chi connectivity index (χ2v) is 6.83. The molecule has 2 aromatic rings. The van der Waals surface area contributed by atoms with Gasteiger partial charge in [-0.3, -0.25) is 4.79 Å². The van der Waals surface area contributed by atoms with Crippen LogP contribution in [0.2, 0.25) is 10.0 Å². The Bertz CT molecular complexity index is 786. The van der Waals surface area contributed by atoms with E-state index in [1.165, 1.54) is 12.1 Å². The maximum atomic E-state index is 14.0. The number of ether oxygens (including phenoxy) is 1. The summed E-state index contributed by atoms with van der Waals surface area (Å²) in [4.78, 5) is 11.6. The lowest BCUT2D eigenvalue weighted by atomic mass is 9.97. The lowest BCUT2D eigenvalue weighted by Gasteiger charge is -2.17. The number of hydrogen-bond donors (Lipinski definition) is 2. The maximum Gasteiger partial charge on any atom is 0.322 e. The van der Waals surface area contributed by atoms with Gasteiger partial charge in [0.25, 0.3) is 0 Å². The van der Waals surface area contributed by atoms with Crippen molar-refractivity contribution < 1.29 is 13.9 Å². The molecule has 0 saturated carbocycles. The van der Waals surface area contributed by atoms with E-state index in [0.29, 0.717) is 27.6 Å². The molecule has 7 heteroatoms. The SMILES string of the molecule is CCOC(=O)[C@H](N)C[C@H](N)Cc1ccc(-c2cc(Cl)ccc2F)cc1Cl. The first-order valence-electron chi connectivity index (χ1n) is 8.23. The van der Waals surface area contributed by atoms with Gasteiger partial charge in [0, 0.05) is 21.7 Å². The lowest BCUT2D eigenvalue weighted by Crippen LogP contribution is -2.39. The smallest absolute Gasteiger partial charge is 0.322 e. The van der Waals surface area contributed by atoms with Crippen molar-refractivity contribution in [3.63, 3.8) is 0 Å². The molecule has 0 bridgehead atoms. The highest BCUT2D eigenvalue weighted by Gasteiger charge is 2.19. The quantitative estimate of drug-likeness (QED) is 0.692. The Morgan fingerprint density at radius 1 is 1.19 bits per heavy atom. The summed E-state index contributed by atoms with van der Waals surface area (Å²) in [6.07, 6.45) is 0.712. The second kappa shape index (κ2) is 9.33. The normalized spacial score (nSPS) is 13.3. The van der Waals surface area contributed by atoms with E-state index >= 15 is 0 Å². The summed E-state index contributed by atoms with van der Waals surface area (Å²) in [5, 5.41) is 0.901. The molecule has 0 saturated heterocycles. The number of nitrogens with two attached hydrogens (primary N) is 2. The topological polar surface area (TPSA) is 78.3 Å². The number of hydrogen-bond acceptors (Lipinski definition) is 4. The van der Waals surface area contributed by atoms with Gasteiger partial charge in [-0.15, -0.1) is 0 Å². The molecule has 2 aromatic carbocycles. The average Bonchev–Trinajstić information content (AvgIpc) is 2.59. The highest BCUT2D eigenvalue weighted by Crippen LogP contribution is 2.30. The van der Waals surface area contributed by atoms with E-state index in [0.717, 1.165) is 5.56 Å². The van der Waals surface area contributed by atoms with E-state index in [-0.39, 0.29) is 24.9 Å². The van der Waals surface area contributed by atoms with E-state index < -0.39 is 12.0 Å². The highest BCUT2D eigenvalue weighted by atomic mass is 35.5. The maximum absolute atomic E-state index is 14.0. The summed E-state index contributed by atoms with van der Waals surface area (Å²) in [7, 11) is 0. The van der Waals surface area contributed by atoms with Crippen LogP contribution in [0.4, 0.5) is 4.39 Å². The summed E-state index contributed by atoms with van der Waals surface area (Å²) in [6, 6.07) is 8.43. The van der Waals surface area contributed by atoms with Crippen molar-refractivity contribution in [1.29, 1.82) is 0 Å². The molecular formula is C19H21Cl2FN2O2. The van der Waals surface area contributed by atoms with Crippen LogP contribution < -0.4 is 11.5 Å². The molecule has 0 aromatic heterocycles. The summed E-state index contributed by atoms with van der Waals surface area (Å²) >= 11 is 12.3. The van der Waals surface area contributed by atoms with Crippen molar-refractivity contribution >= 4 is 29.2 Å². The van der Waals surface area contributed by atoms with E-state index in [2.05, 4.69) is 0 Å². The minimum atomic E-state index is -0.774. The van der Waals surface area contributed by atoms with Crippen LogP contribution in [0, 0.1) is 5.82 Å². The molecule has 0 fully saturated rings. The molecule has 2 rings (SSSR count). The summed E-state index contributed by atoms with van der Waals surface area (Å²) in [5.74, 6) is -0.851. The van der Waals surface area contributed by atoms with Crippen LogP contribution in [-0.4, -0.2) is 24.7 Å². The molecule has 0 heterocycles. The standard InChI is InChI=1S/C19H21Cl2FN2O2/c1-2-26-19(25)18(24)10-14(23)7-12-4-3-11(8-16(12)21)15-9-13(20)5-6-17(15)22/h3-6,8-9,14,18H,2,7,10,23-24H2,1H3/t14-,18-/m1/s1. The molecule has 140 valence electrons. The van der Waals surface area contributed by atoms with Crippen molar-refractivity contribution in [2.45, 2.75) is 31.8 Å². The molecule has 0 aliphatic carbocycles. The van der Waals surface area contributed by atoms with Crippen molar-refractivity contribution in [2.24, 2.45) is 11.5 Å². The molecule has 0 aliphatic rings. The third kappa shape index (κ3) is 5.42. The van der Waals surface area contributed by atoms with Crippen LogP contribution in [0.15, 0.2) is 36.4 Å². The molecule has 0 aliphatic heterocycles. The first kappa shape index (κ1) is 20.6. The van der Waals surface area contributed by atoms with Gasteiger partial charge in [0.2, 0.25) is 0 Å². The Morgan fingerprint density at radius 2 is 1.92 bits per heavy atom. The third-order valence-electron chi connectivity index (χ3n) is 3.92. The third-order valence-corrected chi connectivity index (χ3v) is 4.51. The van der Waals surface area contributed by atoms with Crippen molar-refractivity contribution in [3.8, 4) is 11.1 Å². The number of carbonyl (C=O) groups excluding carboxylic acids is 1. The zero-order valence-corrected chi connectivity index (χ0v) is 15.9. The molecular weight excluding hydrogens is 378 g/mol. The Balaban J connectivity index is 2.10. The predicted molar refractivity (Wildman–Crippen MR) is 103 cm³/mol. The van der Waals surface area contributed by atoms with Gasteiger partial charge in [-0.05, 0) is 55.2 Å². The highest BCUT2D eigenvalue weighted by molar-refractivity contribution is 6.32. The fourth-order valence-electron chi connectivity index (χ4n) is 2.64. The van der Waals surface area contributed by atoms with Gasteiger partial charge >= 0.3 is 5.97 Å². The molecule has 4 N–H and O–H groups in total. The lowest BCUT2D eigenvalue weighted by molar-refractivity contribution is -0.144. The molecule has 0 spiro atoms. The number of rotatable bonds is 7. The average molecular weight is 399 g/mol. The largest absolute Gasteiger partial charge is 0.465 e. The number of benzene rings is 2. The van der Waals surface area contributed by atoms with Crippen molar-refractivity contribution in [1.82, 2.24) is 0 Å². The first-order valence-corrected chi connectivity index (χ1v) is 8.99. The van der Waals surface area contributed by atoms with Crippen LogP contribution in [0.25, 0.3) is 11.1 Å². The number of halogens is 3. The predicted octanol–water partition coefficient (Wildman–Crippen LogP) is 3.95. The minimum Gasteiger partial charge on any atom is -0.465 e. The van der Waals surface area contributed by atoms with E-state index in [1.54, 1.807) is 31.2 Å². The van der Waals surface area contributed by atoms with Crippen molar-refractivity contribution in [3.05, 3.63) is 57.8 Å². The molecule has 4 nitrogen and oxygen atoms in total. The Labute approximate surface area is 162 Å². The Morgan fingerprint density at radius 3 is 2.58 bits per heavy atom. The fraction of sp³-hybridized carbons (Fsp3) is 0.316. The monoisotopic (exact) mass is 398 g/mol. The van der Waals surface area contributed by atoms with Crippen LogP contribution in [-0.2, 0) is 16.0 Å². The summed E-state index contributed by atoms with van der Waals surface area (Å²) < 4.78 is 18.9. The van der Waals surface area contributed by atoms with E-state index in [4.69, 9.17) is 39.4 Å². The molecule has 2 atom stereocenters. The van der Waals surface area contributed by atoms with E-state index in [1.807, 2.05) is 0 Å². The van der Waals surface area contributed by atoms with Crippen LogP contribution in [0.3, 0.4) is 0 Å². The van der Waals surface area contributed by atoms with Crippen LogP contribution in [0.1, 0.15) is 18.9 Å². The molecule has 0 amide bonds. The second-order valence-electron chi connectivity index (χ2n) is 5.99. The van der Waals surface area contributed by atoms with Crippen LogP contribution in [0.5, 0.6) is 0 Å². The van der Waals surface area contributed by atoms with Crippen molar-refractivity contribution in [2.75, 3.05) is 6.61 Å². The first-order chi connectivity index (χ1) is 12.3. The van der Waals surface area contributed by atoms with E-state index in [9.17, 15) is 9.18 Å². The Kier molecular flexibility index (Phi) is 7.41. The molecule has 0 unspecified atom stereocenters. The minimum absolute atomic E-state index is 0.273. The van der Waals surface area contributed by atoms with Gasteiger partial charge in [-0.2, -0.15) is 0 Å². The van der Waals surface area contributed by atoms with Gasteiger partial charge in [0.05, 0.1) is 6.61 Å². The fourth-order valence-corrected chi connectivity index (χ4v) is 3.07. The van der Waals surface area contributed by atoms with Crippen LogP contribution >= 0.6 is 23.2 Å². The van der Waals surface area contributed by atoms with Gasteiger partial charge < -0.3 is 16.2 Å². The zero-order chi connectivity index (χ0) is 19.3. The molecule has 26 heavy (non-hydrogen) atoms. The van der Waals surface area contributed by atoms with Gasteiger partial charge in [0.15, 0.2) is 0 Å². The number of esters is 1. The van der Waals surface area contributed by atoms with Gasteiger partial charge in [0.1, 0.15) is 11.9 Å². The van der Waals surface area contributed by atoms with Gasteiger partial charge in [-0.25, -0.2) is 4.39 Å². The molecule has 0 radical (unpaired) electrons.